The van der Waals surface area contributed by atoms with Gasteiger partial charge in [-0.15, -0.1) is 0 Å². The number of nitrogens with one attached hydrogen (secondary N) is 1. The summed E-state index contributed by atoms with van der Waals surface area (Å²) in [5.41, 5.74) is 0.589. The van der Waals surface area contributed by atoms with E-state index in [-0.39, 0.29) is 16.5 Å². The number of carbonyl (C=O) groups is 1. The van der Waals surface area contributed by atoms with Gasteiger partial charge in [0.05, 0.1) is 11.8 Å². The number of nitrogens with zero attached hydrogens (tertiary/aromatic N) is 1. The van der Waals surface area contributed by atoms with Gasteiger partial charge in [0.15, 0.2) is 0 Å². The van der Waals surface area contributed by atoms with Gasteiger partial charge in [-0.1, -0.05) is 6.92 Å². The third-order valence-electron chi connectivity index (χ3n) is 3.73. The Bertz CT molecular complexity index is 422. The molecule has 2 rings (SSSR count). The molecule has 4 nitrogen and oxygen atoms in total. The Balaban J connectivity index is 1.88. The zero-order chi connectivity index (χ0) is 13.2. The molecule has 0 unspecified atom stereocenters. The van der Waals surface area contributed by atoms with Crippen molar-refractivity contribution in [3.63, 3.8) is 0 Å². The summed E-state index contributed by atoms with van der Waals surface area (Å²) in [7, 11) is 2.13. The van der Waals surface area contributed by atoms with E-state index in [0.717, 1.165) is 25.9 Å². The third kappa shape index (κ3) is 3.06. The van der Waals surface area contributed by atoms with Crippen molar-refractivity contribution >= 4 is 17.5 Å². The number of furan rings is 1. The number of piperidine rings is 1. The highest BCUT2D eigenvalue weighted by Crippen LogP contribution is 2.29. The number of likely N-dealkylation sites (tertiary alicyclic amines) is 1. The van der Waals surface area contributed by atoms with Crippen LogP contribution in [0.2, 0.25) is 5.22 Å². The van der Waals surface area contributed by atoms with E-state index >= 15 is 0 Å². The molecule has 1 aromatic heterocycles. The van der Waals surface area contributed by atoms with Gasteiger partial charge in [0.1, 0.15) is 0 Å². The molecule has 0 aliphatic carbocycles. The van der Waals surface area contributed by atoms with E-state index in [1.807, 2.05) is 0 Å². The summed E-state index contributed by atoms with van der Waals surface area (Å²) in [4.78, 5) is 14.2. The molecule has 0 bridgehead atoms. The van der Waals surface area contributed by atoms with Crippen molar-refractivity contribution < 1.29 is 9.21 Å². The zero-order valence-corrected chi connectivity index (χ0v) is 11.6. The molecular formula is C13H19ClN2O2. The lowest BCUT2D eigenvalue weighted by Gasteiger charge is -2.37. The molecule has 0 spiro atoms. The molecule has 1 amide bonds. The fraction of sp³-hybridized carbons (Fsp3) is 0.615. The minimum Gasteiger partial charge on any atom is -0.452 e. The van der Waals surface area contributed by atoms with E-state index in [0.29, 0.717) is 12.1 Å². The normalized spacial score (nSPS) is 19.7. The SMILES string of the molecule is CN1CCC(C)(CNC(=O)c2ccoc2Cl)CC1. The molecule has 0 atom stereocenters. The van der Waals surface area contributed by atoms with E-state index < -0.39 is 0 Å². The van der Waals surface area contributed by atoms with Gasteiger partial charge in [-0.05, 0) is 56.1 Å². The summed E-state index contributed by atoms with van der Waals surface area (Å²) in [5.74, 6) is -0.158. The van der Waals surface area contributed by atoms with Crippen LogP contribution in [0.3, 0.4) is 0 Å². The molecular weight excluding hydrogens is 252 g/mol. The van der Waals surface area contributed by atoms with Gasteiger partial charge >= 0.3 is 0 Å². The summed E-state index contributed by atoms with van der Waals surface area (Å²) >= 11 is 5.78. The third-order valence-corrected chi connectivity index (χ3v) is 4.03. The van der Waals surface area contributed by atoms with Gasteiger partial charge in [0.2, 0.25) is 5.22 Å². The minimum atomic E-state index is -0.158. The van der Waals surface area contributed by atoms with Gasteiger partial charge < -0.3 is 14.6 Å². The first-order valence-electron chi connectivity index (χ1n) is 6.20. The molecule has 1 aromatic rings. The van der Waals surface area contributed by atoms with Crippen molar-refractivity contribution in [1.82, 2.24) is 10.2 Å². The quantitative estimate of drug-likeness (QED) is 0.917. The lowest BCUT2D eigenvalue weighted by atomic mass is 9.80. The topological polar surface area (TPSA) is 45.5 Å². The predicted molar refractivity (Wildman–Crippen MR) is 70.9 cm³/mol. The molecule has 1 aliphatic heterocycles. The largest absolute Gasteiger partial charge is 0.452 e. The first-order chi connectivity index (χ1) is 8.50. The van der Waals surface area contributed by atoms with E-state index in [1.54, 1.807) is 6.07 Å². The van der Waals surface area contributed by atoms with Crippen LogP contribution in [-0.2, 0) is 0 Å². The van der Waals surface area contributed by atoms with Crippen LogP contribution < -0.4 is 5.32 Å². The highest BCUT2D eigenvalue weighted by atomic mass is 35.5. The Labute approximate surface area is 112 Å². The van der Waals surface area contributed by atoms with Crippen molar-refractivity contribution in [2.45, 2.75) is 19.8 Å². The lowest BCUT2D eigenvalue weighted by Crippen LogP contribution is -2.43. The summed E-state index contributed by atoms with van der Waals surface area (Å²) in [5, 5.41) is 3.10. The van der Waals surface area contributed by atoms with Crippen LogP contribution in [-0.4, -0.2) is 37.5 Å². The second-order valence-electron chi connectivity index (χ2n) is 5.40. The monoisotopic (exact) mass is 270 g/mol. The maximum atomic E-state index is 11.9. The van der Waals surface area contributed by atoms with Crippen LogP contribution in [0.5, 0.6) is 0 Å². The van der Waals surface area contributed by atoms with E-state index in [4.69, 9.17) is 16.0 Å². The van der Waals surface area contributed by atoms with Crippen LogP contribution in [0.25, 0.3) is 0 Å². The van der Waals surface area contributed by atoms with Crippen molar-refractivity contribution in [3.8, 4) is 0 Å². The number of carbonyl (C=O) groups excluding carboxylic acids is 1. The Morgan fingerprint density at radius 1 is 1.56 bits per heavy atom. The van der Waals surface area contributed by atoms with Crippen LogP contribution in [0.4, 0.5) is 0 Å². The number of halogens is 1. The minimum absolute atomic E-state index is 0.154. The average Bonchev–Trinajstić information content (AvgIpc) is 2.77. The lowest BCUT2D eigenvalue weighted by molar-refractivity contribution is 0.0891. The average molecular weight is 271 g/mol. The van der Waals surface area contributed by atoms with Crippen molar-refractivity contribution in [3.05, 3.63) is 23.1 Å². The van der Waals surface area contributed by atoms with Crippen molar-refractivity contribution in [2.75, 3.05) is 26.7 Å². The molecule has 5 heteroatoms. The predicted octanol–water partition coefficient (Wildman–Crippen LogP) is 2.39. The zero-order valence-electron chi connectivity index (χ0n) is 10.8. The standard InChI is InChI=1S/C13H19ClN2O2/c1-13(4-6-16(2)7-5-13)9-15-12(17)10-3-8-18-11(10)14/h3,8H,4-7,9H2,1-2H3,(H,15,17). The maximum Gasteiger partial charge on any atom is 0.256 e. The Morgan fingerprint density at radius 2 is 2.22 bits per heavy atom. The summed E-state index contributed by atoms with van der Waals surface area (Å²) < 4.78 is 4.91. The highest BCUT2D eigenvalue weighted by Gasteiger charge is 2.29. The summed E-state index contributed by atoms with van der Waals surface area (Å²) in [6.45, 7) is 5.07. The first-order valence-corrected chi connectivity index (χ1v) is 6.58. The fourth-order valence-electron chi connectivity index (χ4n) is 2.18. The molecule has 100 valence electrons. The summed E-state index contributed by atoms with van der Waals surface area (Å²) in [6.07, 6.45) is 3.63. The van der Waals surface area contributed by atoms with Crippen LogP contribution in [0.15, 0.2) is 16.7 Å². The second-order valence-corrected chi connectivity index (χ2v) is 5.75. The van der Waals surface area contributed by atoms with Gasteiger partial charge in [0.25, 0.3) is 5.91 Å². The molecule has 1 fully saturated rings. The first kappa shape index (κ1) is 13.4. The molecule has 0 radical (unpaired) electrons. The molecule has 18 heavy (non-hydrogen) atoms. The fourth-order valence-corrected chi connectivity index (χ4v) is 2.38. The number of amides is 1. The highest BCUT2D eigenvalue weighted by molar-refractivity contribution is 6.32. The van der Waals surface area contributed by atoms with Crippen molar-refractivity contribution in [2.24, 2.45) is 5.41 Å². The number of rotatable bonds is 3. The van der Waals surface area contributed by atoms with Crippen molar-refractivity contribution in [1.29, 1.82) is 0 Å². The van der Waals surface area contributed by atoms with Gasteiger partial charge in [-0.3, -0.25) is 4.79 Å². The molecule has 2 heterocycles. The van der Waals surface area contributed by atoms with E-state index in [2.05, 4.69) is 24.2 Å². The molecule has 1 aliphatic rings. The maximum absolute atomic E-state index is 11.9. The molecule has 0 aromatic carbocycles. The Morgan fingerprint density at radius 3 is 2.78 bits per heavy atom. The molecule has 0 saturated carbocycles. The van der Waals surface area contributed by atoms with Gasteiger partial charge in [-0.2, -0.15) is 0 Å². The van der Waals surface area contributed by atoms with Gasteiger partial charge in [-0.25, -0.2) is 0 Å². The van der Waals surface area contributed by atoms with E-state index in [1.165, 1.54) is 6.26 Å². The van der Waals surface area contributed by atoms with Crippen LogP contribution in [0.1, 0.15) is 30.1 Å². The van der Waals surface area contributed by atoms with Crippen LogP contribution >= 0.6 is 11.6 Å². The second kappa shape index (κ2) is 5.33. The summed E-state index contributed by atoms with van der Waals surface area (Å²) in [6, 6.07) is 1.59. The smallest absolute Gasteiger partial charge is 0.256 e. The number of hydrogen-bond donors (Lipinski definition) is 1. The molecule has 1 N–H and O–H groups in total. The Hall–Kier alpha value is -1.00. The van der Waals surface area contributed by atoms with Gasteiger partial charge in [0, 0.05) is 6.54 Å². The van der Waals surface area contributed by atoms with Crippen LogP contribution in [0, 0.1) is 5.41 Å². The molecule has 1 saturated heterocycles. The Kier molecular flexibility index (Phi) is 3.97. The van der Waals surface area contributed by atoms with E-state index in [9.17, 15) is 4.79 Å². The number of hydrogen-bond acceptors (Lipinski definition) is 3.